The molecule has 0 fully saturated rings. The first-order valence-corrected chi connectivity index (χ1v) is 3.14. The van der Waals surface area contributed by atoms with Gasteiger partial charge in [-0.3, -0.25) is 4.79 Å². The third kappa shape index (κ3) is 6.09. The van der Waals surface area contributed by atoms with E-state index < -0.39 is 11.9 Å². The van der Waals surface area contributed by atoms with Crippen LogP contribution in [-0.4, -0.2) is 31.3 Å². The number of hydrogen-bond acceptors (Lipinski definition) is 3. The second-order valence-corrected chi connectivity index (χ2v) is 2.05. The number of hydrogen-bond donors (Lipinski definition) is 2. The molecule has 0 bridgehead atoms. The van der Waals surface area contributed by atoms with Gasteiger partial charge in [0.1, 0.15) is 0 Å². The van der Waals surface area contributed by atoms with Crippen LogP contribution in [0.4, 0.5) is 0 Å². The van der Waals surface area contributed by atoms with Gasteiger partial charge in [0.2, 0.25) is 0 Å². The molecule has 0 heterocycles. The van der Waals surface area contributed by atoms with E-state index in [-0.39, 0.29) is 19.0 Å². The van der Waals surface area contributed by atoms with Crippen LogP contribution in [0.15, 0.2) is 0 Å². The third-order valence-electron chi connectivity index (χ3n) is 1.30. The van der Waals surface area contributed by atoms with E-state index in [0.717, 1.165) is 0 Å². The molecule has 4 nitrogen and oxygen atoms in total. The Morgan fingerprint density at radius 1 is 1.73 bits per heavy atom. The van der Waals surface area contributed by atoms with Gasteiger partial charge in [0.15, 0.2) is 0 Å². The van der Waals surface area contributed by atoms with Crippen LogP contribution in [0.5, 0.6) is 0 Å². The largest absolute Gasteiger partial charge is 0.481 e. The van der Waals surface area contributed by atoms with Crippen LogP contribution in [0.3, 0.4) is 0 Å². The second kappa shape index (κ2) is 7.78. The van der Waals surface area contributed by atoms with Crippen LogP contribution in [-0.2, 0) is 9.53 Å². The van der Waals surface area contributed by atoms with Crippen molar-refractivity contribution in [2.45, 2.75) is 6.42 Å². The molecule has 1 atom stereocenters. The Kier molecular flexibility index (Phi) is 9.40. The van der Waals surface area contributed by atoms with E-state index >= 15 is 0 Å². The lowest BCUT2D eigenvalue weighted by molar-refractivity contribution is -0.141. The van der Waals surface area contributed by atoms with E-state index in [4.69, 9.17) is 15.6 Å². The van der Waals surface area contributed by atoms with Gasteiger partial charge in [0.25, 0.3) is 0 Å². The molecule has 0 aromatic heterocycles. The molecule has 0 spiro atoms. The SMILES string of the molecule is COCCC(CN)C(=O)O.Cl. The summed E-state index contributed by atoms with van der Waals surface area (Å²) in [7, 11) is 1.54. The fourth-order valence-electron chi connectivity index (χ4n) is 0.602. The molecule has 0 saturated carbocycles. The van der Waals surface area contributed by atoms with Crippen LogP contribution >= 0.6 is 12.4 Å². The number of carboxylic acid groups (broad SMARTS) is 1. The van der Waals surface area contributed by atoms with Crippen LogP contribution in [0.2, 0.25) is 0 Å². The van der Waals surface area contributed by atoms with Crippen molar-refractivity contribution in [3.8, 4) is 0 Å². The van der Waals surface area contributed by atoms with Gasteiger partial charge in [-0.15, -0.1) is 12.4 Å². The van der Waals surface area contributed by atoms with Gasteiger partial charge in [0, 0.05) is 20.3 Å². The van der Waals surface area contributed by atoms with Gasteiger partial charge in [-0.2, -0.15) is 0 Å². The summed E-state index contributed by atoms with van der Waals surface area (Å²) in [6, 6.07) is 0. The number of halogens is 1. The van der Waals surface area contributed by atoms with Crippen molar-refractivity contribution in [2.75, 3.05) is 20.3 Å². The maximum Gasteiger partial charge on any atom is 0.307 e. The van der Waals surface area contributed by atoms with E-state index in [1.165, 1.54) is 7.11 Å². The molecule has 0 aliphatic carbocycles. The van der Waals surface area contributed by atoms with E-state index in [1.807, 2.05) is 0 Å². The normalized spacial score (nSPS) is 11.8. The summed E-state index contributed by atoms with van der Waals surface area (Å²) in [5, 5.41) is 8.46. The molecule has 3 N–H and O–H groups in total. The summed E-state index contributed by atoms with van der Waals surface area (Å²) in [5.41, 5.74) is 5.18. The molecule has 0 rings (SSSR count). The first-order chi connectivity index (χ1) is 4.72. The predicted molar refractivity (Wildman–Crippen MR) is 43.9 cm³/mol. The zero-order chi connectivity index (χ0) is 7.98. The van der Waals surface area contributed by atoms with Crippen molar-refractivity contribution in [1.82, 2.24) is 0 Å². The van der Waals surface area contributed by atoms with Gasteiger partial charge in [-0.05, 0) is 6.42 Å². The third-order valence-corrected chi connectivity index (χ3v) is 1.30. The molecule has 1 unspecified atom stereocenters. The second-order valence-electron chi connectivity index (χ2n) is 2.05. The number of aliphatic carboxylic acids is 1. The van der Waals surface area contributed by atoms with Crippen molar-refractivity contribution < 1.29 is 14.6 Å². The minimum atomic E-state index is -0.848. The van der Waals surface area contributed by atoms with Gasteiger partial charge < -0.3 is 15.6 Å². The van der Waals surface area contributed by atoms with E-state index in [2.05, 4.69) is 0 Å². The molecule has 0 aliphatic heterocycles. The first kappa shape index (κ1) is 13.3. The Morgan fingerprint density at radius 3 is 2.55 bits per heavy atom. The van der Waals surface area contributed by atoms with Crippen LogP contribution < -0.4 is 5.73 Å². The van der Waals surface area contributed by atoms with E-state index in [9.17, 15) is 4.79 Å². The Labute approximate surface area is 72.1 Å². The molecule has 68 valence electrons. The van der Waals surface area contributed by atoms with Gasteiger partial charge >= 0.3 is 5.97 Å². The first-order valence-electron chi connectivity index (χ1n) is 3.14. The average Bonchev–Trinajstić information content (AvgIpc) is 1.89. The molecule has 0 amide bonds. The number of nitrogens with two attached hydrogens (primary N) is 1. The monoisotopic (exact) mass is 183 g/mol. The maximum absolute atomic E-state index is 10.3. The molecular weight excluding hydrogens is 170 g/mol. The number of methoxy groups -OCH3 is 1. The highest BCUT2D eigenvalue weighted by Crippen LogP contribution is 1.99. The average molecular weight is 184 g/mol. The highest BCUT2D eigenvalue weighted by Gasteiger charge is 2.13. The van der Waals surface area contributed by atoms with Gasteiger partial charge in [-0.25, -0.2) is 0 Å². The lowest BCUT2D eigenvalue weighted by atomic mass is 10.1. The van der Waals surface area contributed by atoms with Crippen molar-refractivity contribution in [3.05, 3.63) is 0 Å². The van der Waals surface area contributed by atoms with Crippen LogP contribution in [0, 0.1) is 5.92 Å². The topological polar surface area (TPSA) is 72.5 Å². The molecule has 0 aliphatic rings. The number of carbonyl (C=O) groups is 1. The summed E-state index contributed by atoms with van der Waals surface area (Å²) < 4.78 is 4.71. The lowest BCUT2D eigenvalue weighted by Crippen LogP contribution is -2.24. The highest BCUT2D eigenvalue weighted by atomic mass is 35.5. The molecule has 0 aromatic carbocycles. The van der Waals surface area contributed by atoms with E-state index in [0.29, 0.717) is 13.0 Å². The lowest BCUT2D eigenvalue weighted by Gasteiger charge is -2.06. The number of carboxylic acids is 1. The minimum absolute atomic E-state index is 0. The Bertz CT molecular complexity index is 110. The predicted octanol–water partition coefficient (Wildman–Crippen LogP) is 0.104. The summed E-state index contributed by atoms with van der Waals surface area (Å²) in [5.74, 6) is -1.31. The standard InChI is InChI=1S/C6H13NO3.ClH/c1-10-3-2-5(4-7)6(8)9;/h5H,2-4,7H2,1H3,(H,8,9);1H. The zero-order valence-electron chi connectivity index (χ0n) is 6.45. The number of rotatable bonds is 5. The van der Waals surface area contributed by atoms with Crippen molar-refractivity contribution in [2.24, 2.45) is 11.7 Å². The summed E-state index contributed by atoms with van der Waals surface area (Å²) in [4.78, 5) is 10.3. The van der Waals surface area contributed by atoms with Crippen LogP contribution in [0.1, 0.15) is 6.42 Å². The molecule has 0 radical (unpaired) electrons. The molecular formula is C6H14ClNO3. The fourth-order valence-corrected chi connectivity index (χ4v) is 0.602. The zero-order valence-corrected chi connectivity index (χ0v) is 7.26. The molecule has 11 heavy (non-hydrogen) atoms. The highest BCUT2D eigenvalue weighted by molar-refractivity contribution is 5.85. The molecule has 0 aromatic rings. The van der Waals surface area contributed by atoms with Crippen molar-refractivity contribution in [1.29, 1.82) is 0 Å². The number of ether oxygens (including phenoxy) is 1. The Balaban J connectivity index is 0. The van der Waals surface area contributed by atoms with Gasteiger partial charge in [0.05, 0.1) is 5.92 Å². The molecule has 5 heteroatoms. The summed E-state index contributed by atoms with van der Waals surface area (Å²) >= 11 is 0. The Hall–Kier alpha value is -0.320. The summed E-state index contributed by atoms with van der Waals surface area (Å²) in [6.07, 6.45) is 0.488. The van der Waals surface area contributed by atoms with Crippen molar-refractivity contribution in [3.63, 3.8) is 0 Å². The maximum atomic E-state index is 10.3. The summed E-state index contributed by atoms with van der Waals surface area (Å²) in [6.45, 7) is 0.632. The fraction of sp³-hybridized carbons (Fsp3) is 0.833. The Morgan fingerprint density at radius 2 is 2.27 bits per heavy atom. The van der Waals surface area contributed by atoms with Gasteiger partial charge in [-0.1, -0.05) is 0 Å². The van der Waals surface area contributed by atoms with Crippen molar-refractivity contribution >= 4 is 18.4 Å². The minimum Gasteiger partial charge on any atom is -0.481 e. The molecule has 0 saturated heterocycles. The quantitative estimate of drug-likeness (QED) is 0.635. The van der Waals surface area contributed by atoms with Crippen LogP contribution in [0.25, 0.3) is 0 Å². The smallest absolute Gasteiger partial charge is 0.307 e. The van der Waals surface area contributed by atoms with E-state index in [1.54, 1.807) is 0 Å².